The van der Waals surface area contributed by atoms with Gasteiger partial charge in [0.2, 0.25) is 10.0 Å². The molecule has 0 N–H and O–H groups in total. The first-order valence-electron chi connectivity index (χ1n) is 8.51. The molecule has 0 saturated heterocycles. The average Bonchev–Trinajstić information content (AvgIpc) is 2.60. The van der Waals surface area contributed by atoms with Crippen LogP contribution < -0.4 is 4.74 Å². The van der Waals surface area contributed by atoms with Crippen molar-refractivity contribution in [3.8, 4) is 5.75 Å². The van der Waals surface area contributed by atoms with Gasteiger partial charge in [-0.25, -0.2) is 16.8 Å². The predicted molar refractivity (Wildman–Crippen MR) is 104 cm³/mol. The third kappa shape index (κ3) is 4.34. The molecular formula is C19H23NO5S2. The van der Waals surface area contributed by atoms with Gasteiger partial charge in [0.15, 0.2) is 9.84 Å². The fourth-order valence-electron chi connectivity index (χ4n) is 3.32. The number of hydrogen-bond donors (Lipinski definition) is 0. The number of sulfone groups is 1. The van der Waals surface area contributed by atoms with Gasteiger partial charge in [-0.3, -0.25) is 0 Å². The lowest BCUT2D eigenvalue weighted by Crippen LogP contribution is -2.39. The highest BCUT2D eigenvalue weighted by atomic mass is 32.2. The second-order valence-corrected chi connectivity index (χ2v) is 10.9. The largest absolute Gasteiger partial charge is 0.497 e. The van der Waals surface area contributed by atoms with Crippen LogP contribution in [0.2, 0.25) is 0 Å². The van der Waals surface area contributed by atoms with Gasteiger partial charge < -0.3 is 4.74 Å². The molecule has 1 aliphatic rings. The minimum Gasteiger partial charge on any atom is -0.497 e. The van der Waals surface area contributed by atoms with E-state index in [4.69, 9.17) is 4.74 Å². The molecule has 0 bridgehead atoms. The van der Waals surface area contributed by atoms with Crippen molar-refractivity contribution >= 4 is 19.9 Å². The second-order valence-electron chi connectivity index (χ2n) is 6.91. The molecule has 0 aromatic heterocycles. The number of fused-ring (bicyclic) bond motifs is 1. The van der Waals surface area contributed by atoms with Crippen LogP contribution in [0.3, 0.4) is 0 Å². The Labute approximate surface area is 160 Å². The summed E-state index contributed by atoms with van der Waals surface area (Å²) in [6.07, 6.45) is 1.15. The van der Waals surface area contributed by atoms with E-state index in [1.54, 1.807) is 43.5 Å². The molecule has 0 radical (unpaired) electrons. The SMILES string of the molecule is COc1ccc2c(c1)C(CS(=O)(=O)c1ccc(C)cc1)CN(S(C)(=O)=O)C2. The fourth-order valence-corrected chi connectivity index (χ4v) is 5.71. The van der Waals surface area contributed by atoms with Crippen LogP contribution in [0.5, 0.6) is 5.75 Å². The highest BCUT2D eigenvalue weighted by Gasteiger charge is 2.33. The molecule has 3 rings (SSSR count). The summed E-state index contributed by atoms with van der Waals surface area (Å²) in [6, 6.07) is 12.1. The summed E-state index contributed by atoms with van der Waals surface area (Å²) in [5, 5.41) is 0. The zero-order chi connectivity index (χ0) is 19.8. The smallest absolute Gasteiger partial charge is 0.211 e. The van der Waals surface area contributed by atoms with Gasteiger partial charge in [0.25, 0.3) is 0 Å². The highest BCUT2D eigenvalue weighted by molar-refractivity contribution is 7.91. The first kappa shape index (κ1) is 19.9. The number of nitrogens with zero attached hydrogens (tertiary/aromatic N) is 1. The van der Waals surface area contributed by atoms with Crippen LogP contribution in [0.1, 0.15) is 22.6 Å². The number of aryl methyl sites for hydroxylation is 1. The summed E-state index contributed by atoms with van der Waals surface area (Å²) >= 11 is 0. The summed E-state index contributed by atoms with van der Waals surface area (Å²) in [5.74, 6) is -0.00780. The Hall–Kier alpha value is -1.90. The molecule has 2 aromatic carbocycles. The Balaban J connectivity index is 2.01. The Morgan fingerprint density at radius 1 is 1.07 bits per heavy atom. The molecular weight excluding hydrogens is 386 g/mol. The van der Waals surface area contributed by atoms with Gasteiger partial charge in [-0.1, -0.05) is 23.8 Å². The standard InChI is InChI=1S/C19H23NO5S2/c1-14-4-8-18(9-5-14)27(23,24)13-16-12-20(26(3,21)22)11-15-6-7-17(25-2)10-19(15)16/h4-10,16H,11-13H2,1-3H3. The Morgan fingerprint density at radius 3 is 2.33 bits per heavy atom. The van der Waals surface area contributed by atoms with Crippen LogP contribution in [-0.2, 0) is 26.4 Å². The molecule has 1 atom stereocenters. The molecule has 2 aromatic rings. The highest BCUT2D eigenvalue weighted by Crippen LogP contribution is 2.34. The summed E-state index contributed by atoms with van der Waals surface area (Å²) in [5.41, 5.74) is 2.60. The first-order chi connectivity index (χ1) is 12.6. The van der Waals surface area contributed by atoms with Crippen molar-refractivity contribution in [1.82, 2.24) is 4.31 Å². The molecule has 0 amide bonds. The van der Waals surface area contributed by atoms with Crippen LogP contribution in [-0.4, -0.2) is 46.8 Å². The molecule has 0 saturated carbocycles. The average molecular weight is 410 g/mol. The number of rotatable bonds is 5. The van der Waals surface area contributed by atoms with Crippen LogP contribution in [0.4, 0.5) is 0 Å². The number of methoxy groups -OCH3 is 1. The number of ether oxygens (including phenoxy) is 1. The third-order valence-electron chi connectivity index (χ3n) is 4.83. The van der Waals surface area contributed by atoms with E-state index in [-0.39, 0.29) is 23.7 Å². The molecule has 6 nitrogen and oxygen atoms in total. The lowest BCUT2D eigenvalue weighted by Gasteiger charge is -2.33. The van der Waals surface area contributed by atoms with Crippen molar-refractivity contribution in [2.75, 3.05) is 25.7 Å². The zero-order valence-electron chi connectivity index (χ0n) is 15.5. The number of benzene rings is 2. The molecule has 1 unspecified atom stereocenters. The molecule has 8 heteroatoms. The van der Waals surface area contributed by atoms with E-state index in [0.717, 1.165) is 22.9 Å². The summed E-state index contributed by atoms with van der Waals surface area (Å²) < 4.78 is 56.6. The van der Waals surface area contributed by atoms with Gasteiger partial charge in [0.05, 0.1) is 24.0 Å². The van der Waals surface area contributed by atoms with Crippen molar-refractivity contribution in [3.05, 3.63) is 59.2 Å². The van der Waals surface area contributed by atoms with E-state index in [0.29, 0.717) is 5.75 Å². The second kappa shape index (κ2) is 7.26. The van der Waals surface area contributed by atoms with Gasteiger partial charge in [0.1, 0.15) is 5.75 Å². The molecule has 0 fully saturated rings. The van der Waals surface area contributed by atoms with E-state index >= 15 is 0 Å². The van der Waals surface area contributed by atoms with Gasteiger partial charge in [-0.05, 0) is 42.3 Å². The van der Waals surface area contributed by atoms with Gasteiger partial charge in [-0.2, -0.15) is 4.31 Å². The quantitative estimate of drug-likeness (QED) is 0.757. The lowest BCUT2D eigenvalue weighted by atomic mass is 9.92. The molecule has 0 aliphatic carbocycles. The van der Waals surface area contributed by atoms with Crippen molar-refractivity contribution in [1.29, 1.82) is 0 Å². The van der Waals surface area contributed by atoms with Crippen LogP contribution >= 0.6 is 0 Å². The van der Waals surface area contributed by atoms with Crippen molar-refractivity contribution in [2.45, 2.75) is 24.3 Å². The van der Waals surface area contributed by atoms with E-state index in [1.807, 2.05) is 13.0 Å². The Kier molecular flexibility index (Phi) is 5.33. The Bertz CT molecular complexity index is 1040. The molecule has 27 heavy (non-hydrogen) atoms. The molecule has 1 aliphatic heterocycles. The summed E-state index contributed by atoms with van der Waals surface area (Å²) in [4.78, 5) is 0.244. The normalized spacial score (nSPS) is 18.1. The van der Waals surface area contributed by atoms with Crippen LogP contribution in [0, 0.1) is 6.92 Å². The molecule has 1 heterocycles. The van der Waals surface area contributed by atoms with Gasteiger partial charge in [-0.15, -0.1) is 0 Å². The topological polar surface area (TPSA) is 80.8 Å². The maximum absolute atomic E-state index is 12.9. The van der Waals surface area contributed by atoms with Gasteiger partial charge in [0, 0.05) is 19.0 Å². The number of hydrogen-bond acceptors (Lipinski definition) is 5. The van der Waals surface area contributed by atoms with E-state index < -0.39 is 25.8 Å². The van der Waals surface area contributed by atoms with Crippen LogP contribution in [0.25, 0.3) is 0 Å². The van der Waals surface area contributed by atoms with Crippen LogP contribution in [0.15, 0.2) is 47.4 Å². The summed E-state index contributed by atoms with van der Waals surface area (Å²) in [7, 11) is -5.46. The van der Waals surface area contributed by atoms with Crippen molar-refractivity contribution in [2.24, 2.45) is 0 Å². The van der Waals surface area contributed by atoms with E-state index in [2.05, 4.69) is 0 Å². The van der Waals surface area contributed by atoms with E-state index in [9.17, 15) is 16.8 Å². The van der Waals surface area contributed by atoms with E-state index in [1.165, 1.54) is 4.31 Å². The molecule has 146 valence electrons. The third-order valence-corrected chi connectivity index (χ3v) is 7.88. The molecule has 0 spiro atoms. The predicted octanol–water partition coefficient (Wildman–Crippen LogP) is 2.34. The van der Waals surface area contributed by atoms with Crippen molar-refractivity contribution < 1.29 is 21.6 Å². The minimum atomic E-state index is -3.57. The minimum absolute atomic E-state index is 0.129. The summed E-state index contributed by atoms with van der Waals surface area (Å²) in [6.45, 7) is 2.26. The Morgan fingerprint density at radius 2 is 1.74 bits per heavy atom. The lowest BCUT2D eigenvalue weighted by molar-refractivity contribution is 0.363. The fraction of sp³-hybridized carbons (Fsp3) is 0.368. The monoisotopic (exact) mass is 409 g/mol. The number of sulfonamides is 1. The first-order valence-corrected chi connectivity index (χ1v) is 12.0. The van der Waals surface area contributed by atoms with Gasteiger partial charge >= 0.3 is 0 Å². The maximum Gasteiger partial charge on any atom is 0.211 e. The maximum atomic E-state index is 12.9. The zero-order valence-corrected chi connectivity index (χ0v) is 17.2. The van der Waals surface area contributed by atoms with Crippen molar-refractivity contribution in [3.63, 3.8) is 0 Å².